The van der Waals surface area contributed by atoms with E-state index in [2.05, 4.69) is 188 Å². The summed E-state index contributed by atoms with van der Waals surface area (Å²) in [5.74, 6) is 0. The lowest BCUT2D eigenvalue weighted by Gasteiger charge is -2.27. The van der Waals surface area contributed by atoms with Gasteiger partial charge in [-0.25, -0.2) is 0 Å². The summed E-state index contributed by atoms with van der Waals surface area (Å²) in [7, 11) is 0. The normalized spacial score (nSPS) is 10.6. The maximum absolute atomic E-state index is 8.14. The maximum Gasteiger partial charge on any atom is 0.0987 e. The molecule has 0 atom stereocenters. The Bertz CT molecular complexity index is 2040. The number of fused-ring (bicyclic) bond motifs is 2. The van der Waals surface area contributed by atoms with Gasteiger partial charge in [-0.3, -0.25) is 0 Å². The van der Waals surface area contributed by atoms with Crippen LogP contribution in [0.4, 0.5) is 34.1 Å². The molecule has 3 nitrogen and oxygen atoms in total. The van der Waals surface area contributed by atoms with E-state index in [1.54, 1.807) is 13.0 Å². The number of nitriles is 1. The van der Waals surface area contributed by atoms with Gasteiger partial charge in [-0.15, -0.1) is 0 Å². The number of nitrogens with zero attached hydrogens (tertiary/aromatic N) is 3. The van der Waals surface area contributed by atoms with E-state index in [0.29, 0.717) is 5.57 Å². The van der Waals surface area contributed by atoms with Crippen LogP contribution in [0.3, 0.4) is 0 Å². The maximum atomic E-state index is 8.14. The second-order valence-corrected chi connectivity index (χ2v) is 11.8. The van der Waals surface area contributed by atoms with Crippen LogP contribution < -0.4 is 9.80 Å². The van der Waals surface area contributed by atoms with E-state index in [1.165, 1.54) is 38.7 Å². The molecule has 252 valence electrons. The number of para-hydroxylation sites is 4. The lowest BCUT2D eigenvalue weighted by atomic mass is 9.92. The van der Waals surface area contributed by atoms with Crippen LogP contribution in [0, 0.1) is 25.2 Å². The molecule has 3 heteroatoms. The largest absolute Gasteiger partial charge is 0.310 e. The third-order valence-corrected chi connectivity index (χ3v) is 8.86. The Morgan fingerprint density at radius 1 is 0.490 bits per heavy atom. The predicted octanol–water partition coefficient (Wildman–Crippen LogP) is 14.2. The molecule has 7 aromatic rings. The van der Waals surface area contributed by atoms with Gasteiger partial charge in [-0.05, 0) is 126 Å². The highest BCUT2D eigenvalue weighted by molar-refractivity contribution is 6.08. The summed E-state index contributed by atoms with van der Waals surface area (Å²) in [4.78, 5) is 4.66. The minimum absolute atomic E-state index is 0.625. The molecule has 0 aliphatic heterocycles. The molecule has 0 saturated heterocycles. The first-order valence-electron chi connectivity index (χ1n) is 17.5. The minimum atomic E-state index is 0.625. The van der Waals surface area contributed by atoms with Gasteiger partial charge in [0.05, 0.1) is 6.07 Å². The van der Waals surface area contributed by atoms with Crippen LogP contribution in [-0.2, 0) is 0 Å². The van der Waals surface area contributed by atoms with Gasteiger partial charge >= 0.3 is 0 Å². The van der Waals surface area contributed by atoms with Crippen molar-refractivity contribution in [2.24, 2.45) is 0 Å². The van der Waals surface area contributed by atoms with E-state index < -0.39 is 0 Å². The Labute approximate surface area is 303 Å². The van der Waals surface area contributed by atoms with Gasteiger partial charge in [0.2, 0.25) is 0 Å². The zero-order valence-corrected chi connectivity index (χ0v) is 30.2. The topological polar surface area (TPSA) is 30.3 Å². The molecule has 0 spiro atoms. The number of rotatable bonds is 7. The highest BCUT2D eigenvalue weighted by Gasteiger charge is 2.17. The Morgan fingerprint density at radius 2 is 0.804 bits per heavy atom. The van der Waals surface area contributed by atoms with Gasteiger partial charge < -0.3 is 9.80 Å². The molecule has 7 rings (SSSR count). The summed E-state index contributed by atoms with van der Waals surface area (Å²) in [6.07, 6.45) is 3.24. The average molecular weight is 664 g/mol. The second kappa shape index (κ2) is 17.3. The average Bonchev–Trinajstić information content (AvgIpc) is 3.20. The van der Waals surface area contributed by atoms with Crippen molar-refractivity contribution in [2.75, 3.05) is 9.80 Å². The molecule has 0 N–H and O–H groups in total. The molecule has 0 amide bonds. The highest BCUT2D eigenvalue weighted by atomic mass is 15.1. The summed E-state index contributed by atoms with van der Waals surface area (Å²) in [6.45, 7) is 13.7. The molecule has 0 radical (unpaired) electrons. The van der Waals surface area contributed by atoms with Crippen LogP contribution in [0.1, 0.15) is 31.9 Å². The van der Waals surface area contributed by atoms with Gasteiger partial charge in [0.15, 0.2) is 0 Å². The minimum Gasteiger partial charge on any atom is -0.310 e. The van der Waals surface area contributed by atoms with Gasteiger partial charge in [-0.2, -0.15) is 5.26 Å². The Kier molecular flexibility index (Phi) is 12.2. The number of hydrogen-bond donors (Lipinski definition) is 0. The molecule has 0 unspecified atom stereocenters. The first-order valence-corrected chi connectivity index (χ1v) is 17.5. The van der Waals surface area contributed by atoms with Crippen molar-refractivity contribution in [3.05, 3.63) is 193 Å². The second-order valence-electron chi connectivity index (χ2n) is 11.8. The quantitative estimate of drug-likeness (QED) is 0.0966. The van der Waals surface area contributed by atoms with Crippen molar-refractivity contribution < 1.29 is 0 Å². The standard InChI is InChI=1S/C40H32N2.C6H7N.C2H6/c1-29-37-25-23-36(42(33-19-11-5-12-20-33)34-21-13-6-14-22-34)28-40(37)30(2)38-26-24-35(27-39(29)38)41(31-15-7-3-8-16-31)32-17-9-4-10-18-32;1-3-6(4-2)5-7;1-2/h3-28H,1-2H3;3-4H,1H2,2H3;1-2H3/b;6-4+;. The smallest absolute Gasteiger partial charge is 0.0987 e. The molecule has 0 saturated carbocycles. The fourth-order valence-electron chi connectivity index (χ4n) is 6.34. The molecule has 0 heterocycles. The summed E-state index contributed by atoms with van der Waals surface area (Å²) < 4.78 is 0. The first kappa shape index (κ1) is 35.9. The van der Waals surface area contributed by atoms with Crippen LogP contribution in [0.5, 0.6) is 0 Å². The summed E-state index contributed by atoms with van der Waals surface area (Å²) in [6, 6.07) is 58.2. The number of anilines is 6. The lowest BCUT2D eigenvalue weighted by Crippen LogP contribution is -2.10. The molecule has 0 aliphatic carbocycles. The van der Waals surface area contributed by atoms with E-state index in [9.17, 15) is 0 Å². The van der Waals surface area contributed by atoms with Gasteiger partial charge in [-0.1, -0.05) is 118 Å². The lowest BCUT2D eigenvalue weighted by molar-refractivity contribution is 1.28. The number of allylic oxidation sites excluding steroid dienone is 3. The molecule has 0 aliphatic rings. The third-order valence-electron chi connectivity index (χ3n) is 8.86. The molecule has 0 fully saturated rings. The summed E-state index contributed by atoms with van der Waals surface area (Å²) in [5.41, 5.74) is 10.1. The van der Waals surface area contributed by atoms with E-state index in [-0.39, 0.29) is 0 Å². The molecule has 0 aromatic heterocycles. The fraction of sp³-hybridized carbons (Fsp3) is 0.104. The van der Waals surface area contributed by atoms with Crippen molar-refractivity contribution in [1.29, 1.82) is 5.26 Å². The zero-order valence-electron chi connectivity index (χ0n) is 30.2. The van der Waals surface area contributed by atoms with Crippen molar-refractivity contribution in [3.63, 3.8) is 0 Å². The molecule has 51 heavy (non-hydrogen) atoms. The molecular weight excluding hydrogens is 619 g/mol. The highest BCUT2D eigenvalue weighted by Crippen LogP contribution is 2.42. The Morgan fingerprint density at radius 3 is 1.04 bits per heavy atom. The number of aryl methyl sites for hydroxylation is 2. The van der Waals surface area contributed by atoms with Crippen molar-refractivity contribution >= 4 is 55.7 Å². The fourth-order valence-corrected chi connectivity index (χ4v) is 6.34. The van der Waals surface area contributed by atoms with Crippen molar-refractivity contribution in [3.8, 4) is 6.07 Å². The van der Waals surface area contributed by atoms with Gasteiger partial charge in [0.1, 0.15) is 0 Å². The number of benzene rings is 7. The third kappa shape index (κ3) is 7.93. The van der Waals surface area contributed by atoms with Crippen molar-refractivity contribution in [1.82, 2.24) is 0 Å². The first-order chi connectivity index (χ1) is 25.0. The van der Waals surface area contributed by atoms with E-state index in [4.69, 9.17) is 5.26 Å². The van der Waals surface area contributed by atoms with E-state index in [1.807, 2.05) is 19.9 Å². The zero-order chi connectivity index (χ0) is 36.2. The van der Waals surface area contributed by atoms with Gasteiger partial charge in [0.25, 0.3) is 0 Å². The Balaban J connectivity index is 0.000000503. The summed E-state index contributed by atoms with van der Waals surface area (Å²) in [5, 5.41) is 13.3. The van der Waals surface area contributed by atoms with Crippen LogP contribution in [0.2, 0.25) is 0 Å². The van der Waals surface area contributed by atoms with Gasteiger partial charge in [0, 0.05) is 39.7 Å². The van der Waals surface area contributed by atoms with E-state index >= 15 is 0 Å². The molecular formula is C48H45N3. The number of hydrogen-bond acceptors (Lipinski definition) is 3. The SMILES string of the molecule is C=C/C(C#N)=C\C.CC.Cc1c2ccc(N(c3ccccc3)c3ccccc3)cc2c(C)c2ccc(N(c3ccccc3)c3ccccc3)cc12. The summed E-state index contributed by atoms with van der Waals surface area (Å²) >= 11 is 0. The molecule has 0 bridgehead atoms. The Hall–Kier alpha value is -6.37. The van der Waals surface area contributed by atoms with E-state index in [0.717, 1.165) is 34.1 Å². The van der Waals surface area contributed by atoms with Crippen LogP contribution >= 0.6 is 0 Å². The van der Waals surface area contributed by atoms with Crippen LogP contribution in [0.25, 0.3) is 21.5 Å². The molecule has 7 aromatic carbocycles. The monoisotopic (exact) mass is 663 g/mol. The van der Waals surface area contributed by atoms with Crippen LogP contribution in [0.15, 0.2) is 182 Å². The van der Waals surface area contributed by atoms with Crippen LogP contribution in [-0.4, -0.2) is 0 Å². The predicted molar refractivity (Wildman–Crippen MR) is 221 cm³/mol. The van der Waals surface area contributed by atoms with Crippen molar-refractivity contribution in [2.45, 2.75) is 34.6 Å².